The highest BCUT2D eigenvalue weighted by Crippen LogP contribution is 2.45. The third-order valence-corrected chi connectivity index (χ3v) is 12.7. The second-order valence-corrected chi connectivity index (χ2v) is 16.0. The van der Waals surface area contributed by atoms with Gasteiger partial charge >= 0.3 is 0 Å². The zero-order chi connectivity index (χ0) is 38.9. The number of rotatable bonds is 5. The van der Waals surface area contributed by atoms with Gasteiger partial charge in [-0.15, -0.1) is 11.3 Å². The van der Waals surface area contributed by atoms with E-state index in [0.29, 0.717) is 17.5 Å². The number of benzene rings is 9. The molecular weight excluding hydrogens is 737 g/mol. The van der Waals surface area contributed by atoms with E-state index in [-0.39, 0.29) is 0 Å². The van der Waals surface area contributed by atoms with Gasteiger partial charge in [0.2, 0.25) is 0 Å². The van der Waals surface area contributed by atoms with Crippen molar-refractivity contribution in [3.8, 4) is 56.5 Å². The molecule has 5 heteroatoms. The molecule has 3 aromatic heterocycles. The minimum absolute atomic E-state index is 0.603. The standard InChI is InChI=1S/C54H32N4S/c1-3-13-33(14-4-1)34-23-25-36(26-24-34)53-56-52(35-15-5-2-6-16-35)57-54(58-53)38-28-30-44-47(32-38)55-50(49-45-21-11-12-22-48(45)59-51(44)49)37-27-29-43-41-19-8-7-17-39(41)40-18-9-10-20-42(40)46(43)31-37/h1-32H. The molecule has 12 aromatic rings. The Labute approximate surface area is 343 Å². The van der Waals surface area contributed by atoms with Crippen LogP contribution in [0.1, 0.15) is 0 Å². The summed E-state index contributed by atoms with van der Waals surface area (Å²) in [5.41, 5.74) is 8.01. The average Bonchev–Trinajstić information content (AvgIpc) is 3.72. The Morgan fingerprint density at radius 3 is 1.39 bits per heavy atom. The first-order chi connectivity index (χ1) is 29.2. The molecule has 0 radical (unpaired) electrons. The van der Waals surface area contributed by atoms with Gasteiger partial charge in [-0.3, -0.25) is 0 Å². The predicted molar refractivity (Wildman–Crippen MR) is 248 cm³/mol. The number of aromatic nitrogens is 4. The Morgan fingerprint density at radius 1 is 0.288 bits per heavy atom. The van der Waals surface area contributed by atoms with Crippen molar-refractivity contribution in [2.24, 2.45) is 0 Å². The summed E-state index contributed by atoms with van der Waals surface area (Å²) in [5, 5.41) is 11.0. The molecule has 0 aliphatic carbocycles. The number of pyridine rings is 1. The summed E-state index contributed by atoms with van der Waals surface area (Å²) >= 11 is 1.83. The van der Waals surface area contributed by atoms with Crippen LogP contribution in [0.15, 0.2) is 194 Å². The Bertz CT molecular complexity index is 3560. The lowest BCUT2D eigenvalue weighted by Crippen LogP contribution is -2.00. The summed E-state index contributed by atoms with van der Waals surface area (Å²) in [6.07, 6.45) is 0. The highest BCUT2D eigenvalue weighted by Gasteiger charge is 2.20. The first-order valence-corrected chi connectivity index (χ1v) is 20.6. The van der Waals surface area contributed by atoms with Gasteiger partial charge in [0.25, 0.3) is 0 Å². The first-order valence-electron chi connectivity index (χ1n) is 19.8. The van der Waals surface area contributed by atoms with Crippen LogP contribution in [0.5, 0.6) is 0 Å². The Balaban J connectivity index is 1.07. The van der Waals surface area contributed by atoms with Gasteiger partial charge < -0.3 is 0 Å². The maximum absolute atomic E-state index is 5.57. The smallest absolute Gasteiger partial charge is 0.164 e. The van der Waals surface area contributed by atoms with E-state index in [4.69, 9.17) is 19.9 Å². The lowest BCUT2D eigenvalue weighted by molar-refractivity contribution is 1.07. The van der Waals surface area contributed by atoms with Gasteiger partial charge in [0.15, 0.2) is 17.5 Å². The topological polar surface area (TPSA) is 51.6 Å². The normalized spacial score (nSPS) is 11.7. The molecule has 12 rings (SSSR count). The molecular formula is C54H32N4S. The fourth-order valence-corrected chi connectivity index (χ4v) is 9.90. The van der Waals surface area contributed by atoms with Crippen LogP contribution in [-0.4, -0.2) is 19.9 Å². The van der Waals surface area contributed by atoms with E-state index in [2.05, 4.69) is 158 Å². The van der Waals surface area contributed by atoms with Gasteiger partial charge in [-0.05, 0) is 61.6 Å². The van der Waals surface area contributed by atoms with Crippen molar-refractivity contribution in [2.45, 2.75) is 0 Å². The predicted octanol–water partition coefficient (Wildman–Crippen LogP) is 14.6. The molecule has 0 atom stereocenters. The fraction of sp³-hybridized carbons (Fsp3) is 0. The number of hydrogen-bond acceptors (Lipinski definition) is 5. The van der Waals surface area contributed by atoms with Crippen LogP contribution in [0.2, 0.25) is 0 Å². The molecule has 0 aliphatic rings. The van der Waals surface area contributed by atoms with Gasteiger partial charge in [-0.25, -0.2) is 19.9 Å². The lowest BCUT2D eigenvalue weighted by Gasteiger charge is -2.13. The van der Waals surface area contributed by atoms with Crippen molar-refractivity contribution in [1.82, 2.24) is 19.9 Å². The Morgan fingerprint density at radius 2 is 0.729 bits per heavy atom. The molecule has 274 valence electrons. The number of nitrogens with zero attached hydrogens (tertiary/aromatic N) is 4. The fourth-order valence-electron chi connectivity index (χ4n) is 8.66. The van der Waals surface area contributed by atoms with Gasteiger partial charge in [-0.2, -0.15) is 0 Å². The molecule has 0 bridgehead atoms. The first kappa shape index (κ1) is 33.5. The van der Waals surface area contributed by atoms with Crippen molar-refractivity contribution >= 4 is 74.7 Å². The van der Waals surface area contributed by atoms with Crippen molar-refractivity contribution < 1.29 is 0 Å². The number of hydrogen-bond donors (Lipinski definition) is 0. The van der Waals surface area contributed by atoms with Crippen LogP contribution in [-0.2, 0) is 0 Å². The van der Waals surface area contributed by atoms with E-state index in [1.54, 1.807) is 0 Å². The maximum Gasteiger partial charge on any atom is 0.164 e. The van der Waals surface area contributed by atoms with Crippen LogP contribution in [0.3, 0.4) is 0 Å². The Kier molecular flexibility index (Phi) is 7.68. The van der Waals surface area contributed by atoms with Crippen LogP contribution in [0, 0.1) is 0 Å². The lowest BCUT2D eigenvalue weighted by atomic mass is 9.92. The minimum Gasteiger partial charge on any atom is -0.247 e. The summed E-state index contributed by atoms with van der Waals surface area (Å²) in [4.78, 5) is 20.8. The van der Waals surface area contributed by atoms with E-state index in [0.717, 1.165) is 44.4 Å². The largest absolute Gasteiger partial charge is 0.247 e. The van der Waals surface area contributed by atoms with Crippen LogP contribution >= 0.6 is 11.3 Å². The minimum atomic E-state index is 0.603. The molecule has 0 saturated heterocycles. The molecule has 59 heavy (non-hydrogen) atoms. The maximum atomic E-state index is 5.57. The molecule has 0 fully saturated rings. The van der Waals surface area contributed by atoms with E-state index >= 15 is 0 Å². The summed E-state index contributed by atoms with van der Waals surface area (Å²) in [5.74, 6) is 1.85. The molecule has 0 saturated carbocycles. The molecule has 0 unspecified atom stereocenters. The number of fused-ring (bicyclic) bond motifs is 11. The highest BCUT2D eigenvalue weighted by atomic mass is 32.1. The van der Waals surface area contributed by atoms with Crippen LogP contribution < -0.4 is 0 Å². The van der Waals surface area contributed by atoms with E-state index in [1.165, 1.54) is 58.1 Å². The monoisotopic (exact) mass is 768 g/mol. The third-order valence-electron chi connectivity index (χ3n) is 11.5. The Hall–Kier alpha value is -7.60. The van der Waals surface area contributed by atoms with E-state index in [1.807, 2.05) is 47.7 Å². The van der Waals surface area contributed by atoms with Crippen molar-refractivity contribution in [2.75, 3.05) is 0 Å². The molecule has 4 nitrogen and oxygen atoms in total. The average molecular weight is 769 g/mol. The second-order valence-electron chi connectivity index (χ2n) is 15.0. The van der Waals surface area contributed by atoms with E-state index < -0.39 is 0 Å². The summed E-state index contributed by atoms with van der Waals surface area (Å²) in [6, 6.07) is 68.5. The zero-order valence-corrected chi connectivity index (χ0v) is 32.5. The summed E-state index contributed by atoms with van der Waals surface area (Å²) in [6.45, 7) is 0. The van der Waals surface area contributed by atoms with Crippen LogP contribution in [0.25, 0.3) is 120 Å². The SMILES string of the molecule is c1ccc(-c2ccc(-c3nc(-c4ccccc4)nc(-c4ccc5c(c4)nc(-c4ccc6c7ccccc7c7ccccc7c6c4)c4c6ccccc6sc54)n3)cc2)cc1. The summed E-state index contributed by atoms with van der Waals surface area (Å²) in [7, 11) is 0. The number of thiophene rings is 1. The van der Waals surface area contributed by atoms with Gasteiger partial charge in [0, 0.05) is 47.8 Å². The quantitative estimate of drug-likeness (QED) is 0.164. The molecule has 0 amide bonds. The van der Waals surface area contributed by atoms with Crippen LogP contribution in [0.4, 0.5) is 0 Å². The molecule has 0 aliphatic heterocycles. The second kappa shape index (κ2) is 13.5. The molecule has 9 aromatic carbocycles. The van der Waals surface area contributed by atoms with Crippen molar-refractivity contribution in [1.29, 1.82) is 0 Å². The van der Waals surface area contributed by atoms with Gasteiger partial charge in [0.1, 0.15) is 0 Å². The third kappa shape index (κ3) is 5.58. The van der Waals surface area contributed by atoms with Crippen molar-refractivity contribution in [3.05, 3.63) is 194 Å². The summed E-state index contributed by atoms with van der Waals surface area (Å²) < 4.78 is 2.47. The van der Waals surface area contributed by atoms with Gasteiger partial charge in [0.05, 0.1) is 11.2 Å². The molecule has 0 spiro atoms. The zero-order valence-electron chi connectivity index (χ0n) is 31.7. The molecule has 0 N–H and O–H groups in total. The molecule has 3 heterocycles. The van der Waals surface area contributed by atoms with Gasteiger partial charge in [-0.1, -0.05) is 176 Å². The van der Waals surface area contributed by atoms with Crippen molar-refractivity contribution in [3.63, 3.8) is 0 Å². The van der Waals surface area contributed by atoms with E-state index in [9.17, 15) is 0 Å². The highest BCUT2D eigenvalue weighted by molar-refractivity contribution is 7.26.